The number of aliphatic imine (C=N–C) groups is 1. The number of amides is 3. The fraction of sp³-hybridized carbons (Fsp3) is 0.524. The first-order valence-electron chi connectivity index (χ1n) is 10.2. The van der Waals surface area contributed by atoms with Gasteiger partial charge in [0.25, 0.3) is 17.8 Å². The predicted octanol–water partition coefficient (Wildman–Crippen LogP) is 0.401. The normalized spacial score (nSPS) is 23.7. The third kappa shape index (κ3) is 3.82. The Hall–Kier alpha value is -2.58. The maximum absolute atomic E-state index is 12.9. The number of nitrogens with zero attached hydrogens (tertiary/aromatic N) is 5. The Morgan fingerprint density at radius 1 is 1.14 bits per heavy atom. The zero-order chi connectivity index (χ0) is 20.5. The quantitative estimate of drug-likeness (QED) is 0.704. The van der Waals surface area contributed by atoms with E-state index in [9.17, 15) is 14.7 Å². The van der Waals surface area contributed by atoms with Gasteiger partial charge in [0.2, 0.25) is 0 Å². The molecule has 1 aromatic carbocycles. The summed E-state index contributed by atoms with van der Waals surface area (Å²) in [5, 5.41) is 10.8. The lowest BCUT2D eigenvalue weighted by Gasteiger charge is -2.31. The highest BCUT2D eigenvalue weighted by atomic mass is 16.3. The number of hydrogen-bond donors (Lipinski definition) is 1. The van der Waals surface area contributed by atoms with Gasteiger partial charge in [0, 0.05) is 20.6 Å². The summed E-state index contributed by atoms with van der Waals surface area (Å²) in [5.41, 5.74) is 1.07. The van der Waals surface area contributed by atoms with Gasteiger partial charge in [0.05, 0.1) is 6.42 Å². The predicted molar refractivity (Wildman–Crippen MR) is 109 cm³/mol. The second kappa shape index (κ2) is 8.04. The summed E-state index contributed by atoms with van der Waals surface area (Å²) in [4.78, 5) is 34.8. The Morgan fingerprint density at radius 2 is 1.83 bits per heavy atom. The van der Waals surface area contributed by atoms with Gasteiger partial charge >= 0.3 is 11.9 Å². The summed E-state index contributed by atoms with van der Waals surface area (Å²) in [5.74, 6) is 0.848. The molecule has 3 aliphatic heterocycles. The smallest absolute Gasteiger partial charge is 0.333 e. The van der Waals surface area contributed by atoms with Crippen molar-refractivity contribution in [2.24, 2.45) is 4.99 Å². The molecular formula is C21H28N5O3+. The number of β-amino-alcohol motifs (C(OH)–C–C–N with tert-alkyl or cyclic N) is 1. The first-order chi connectivity index (χ1) is 14.0. The average Bonchev–Trinajstić information content (AvgIpc) is 3.34. The van der Waals surface area contributed by atoms with Crippen LogP contribution in [-0.2, 0) is 11.2 Å². The van der Waals surface area contributed by atoms with E-state index in [0.717, 1.165) is 36.4 Å². The molecule has 8 nitrogen and oxygen atoms in total. The summed E-state index contributed by atoms with van der Waals surface area (Å²) in [7, 11) is 3.13. The molecule has 3 amide bonds. The van der Waals surface area contributed by atoms with Gasteiger partial charge in [-0.15, -0.1) is 0 Å². The lowest BCUT2D eigenvalue weighted by atomic mass is 10.1. The number of imide groups is 1. The number of aliphatic hydroxyl groups excluding tert-OH is 1. The summed E-state index contributed by atoms with van der Waals surface area (Å²) >= 11 is 0. The number of carbonyl (C=O) groups excluding carboxylic acids is 2. The van der Waals surface area contributed by atoms with E-state index in [1.807, 2.05) is 34.9 Å². The maximum atomic E-state index is 12.9. The molecule has 29 heavy (non-hydrogen) atoms. The standard InChI is InChI=1S/C21H28N5O3/c1-23-19-18(20(28)24(2)21(23)29)26(14-16(27)13-25-10-6-7-11-25)17(22-19)12-15-8-4-3-5-9-15/h3-5,8-9,16,18,27H,6-7,10-14H2,1-2H3/q+1. The van der Waals surface area contributed by atoms with E-state index in [2.05, 4.69) is 9.89 Å². The molecular weight excluding hydrogens is 370 g/mol. The second-order valence-electron chi connectivity index (χ2n) is 8.00. The van der Waals surface area contributed by atoms with Crippen molar-refractivity contribution in [3.63, 3.8) is 0 Å². The number of rotatable bonds is 6. The first kappa shape index (κ1) is 19.7. The molecule has 0 aliphatic carbocycles. The summed E-state index contributed by atoms with van der Waals surface area (Å²) in [6.07, 6.45) is 2.26. The lowest BCUT2D eigenvalue weighted by molar-refractivity contribution is -0.544. The van der Waals surface area contributed by atoms with Crippen LogP contribution in [0, 0.1) is 0 Å². The molecule has 2 saturated heterocycles. The third-order valence-corrected chi connectivity index (χ3v) is 5.89. The molecule has 0 radical (unpaired) electrons. The zero-order valence-corrected chi connectivity index (χ0v) is 17.0. The van der Waals surface area contributed by atoms with Gasteiger partial charge in [-0.05, 0) is 36.5 Å². The fourth-order valence-electron chi connectivity index (χ4n) is 4.33. The van der Waals surface area contributed by atoms with Crippen LogP contribution in [0.3, 0.4) is 0 Å². The molecule has 8 heteroatoms. The van der Waals surface area contributed by atoms with Crippen molar-refractivity contribution in [2.75, 3.05) is 40.3 Å². The monoisotopic (exact) mass is 398 g/mol. The molecule has 3 aliphatic rings. The number of likely N-dealkylation sites (tertiary alicyclic amines) is 1. The van der Waals surface area contributed by atoms with Crippen LogP contribution >= 0.6 is 0 Å². The summed E-state index contributed by atoms with van der Waals surface area (Å²) < 4.78 is 1.88. The zero-order valence-electron chi connectivity index (χ0n) is 17.0. The number of fused-ring (bicyclic) bond motifs is 1. The molecule has 4 rings (SSSR count). The number of benzene rings is 1. The molecule has 1 N–H and O–H groups in total. The van der Waals surface area contributed by atoms with E-state index in [1.54, 1.807) is 7.05 Å². The molecule has 0 saturated carbocycles. The minimum atomic E-state index is -0.672. The van der Waals surface area contributed by atoms with Crippen molar-refractivity contribution in [2.45, 2.75) is 31.4 Å². The molecule has 2 atom stereocenters. The molecule has 154 valence electrons. The average molecular weight is 398 g/mol. The van der Waals surface area contributed by atoms with Crippen LogP contribution in [-0.4, -0.2) is 100 Å². The maximum Gasteiger partial charge on any atom is 0.333 e. The van der Waals surface area contributed by atoms with Crippen molar-refractivity contribution < 1.29 is 19.3 Å². The summed E-state index contributed by atoms with van der Waals surface area (Å²) in [6, 6.07) is 8.85. The Labute approximate surface area is 170 Å². The van der Waals surface area contributed by atoms with E-state index < -0.39 is 12.1 Å². The van der Waals surface area contributed by atoms with Gasteiger partial charge in [0.1, 0.15) is 12.6 Å². The Balaban J connectivity index is 1.63. The van der Waals surface area contributed by atoms with E-state index >= 15 is 0 Å². The topological polar surface area (TPSA) is 79.5 Å². The molecule has 0 aromatic heterocycles. The Bertz CT molecular complexity index is 860. The van der Waals surface area contributed by atoms with Crippen molar-refractivity contribution in [3.8, 4) is 0 Å². The number of amidine groups is 2. The van der Waals surface area contributed by atoms with Gasteiger partial charge < -0.3 is 10.0 Å². The van der Waals surface area contributed by atoms with Crippen LogP contribution < -0.4 is 0 Å². The fourth-order valence-corrected chi connectivity index (χ4v) is 4.33. The minimum absolute atomic E-state index is 0.303. The second-order valence-corrected chi connectivity index (χ2v) is 8.00. The summed E-state index contributed by atoms with van der Waals surface area (Å²) in [6.45, 7) is 2.89. The van der Waals surface area contributed by atoms with Crippen LogP contribution in [0.1, 0.15) is 18.4 Å². The van der Waals surface area contributed by atoms with Crippen LogP contribution in [0.4, 0.5) is 4.79 Å². The molecule has 2 unspecified atom stereocenters. The number of carbonyl (C=O) groups is 2. The number of hydrogen-bond acceptors (Lipinski definition) is 5. The van der Waals surface area contributed by atoms with Crippen molar-refractivity contribution in [1.29, 1.82) is 0 Å². The highest BCUT2D eigenvalue weighted by Crippen LogP contribution is 2.21. The molecule has 0 spiro atoms. The Morgan fingerprint density at radius 3 is 2.52 bits per heavy atom. The van der Waals surface area contributed by atoms with Gasteiger partial charge in [-0.3, -0.25) is 14.6 Å². The molecule has 2 fully saturated rings. The number of urea groups is 1. The van der Waals surface area contributed by atoms with Crippen molar-refractivity contribution in [1.82, 2.24) is 14.7 Å². The van der Waals surface area contributed by atoms with E-state index in [0.29, 0.717) is 31.2 Å². The van der Waals surface area contributed by atoms with Crippen LogP contribution in [0.25, 0.3) is 0 Å². The Kier molecular flexibility index (Phi) is 5.47. The van der Waals surface area contributed by atoms with Gasteiger partial charge in [-0.1, -0.05) is 30.3 Å². The molecule has 0 bridgehead atoms. The van der Waals surface area contributed by atoms with Gasteiger partial charge in [-0.2, -0.15) is 0 Å². The van der Waals surface area contributed by atoms with E-state index in [4.69, 9.17) is 0 Å². The van der Waals surface area contributed by atoms with Gasteiger partial charge in [0.15, 0.2) is 0 Å². The van der Waals surface area contributed by atoms with Crippen LogP contribution in [0.15, 0.2) is 35.3 Å². The van der Waals surface area contributed by atoms with Crippen molar-refractivity contribution in [3.05, 3.63) is 35.9 Å². The van der Waals surface area contributed by atoms with E-state index in [-0.39, 0.29) is 11.9 Å². The highest BCUT2D eigenvalue weighted by molar-refractivity contribution is 6.23. The van der Waals surface area contributed by atoms with Crippen molar-refractivity contribution >= 4 is 23.6 Å². The SMILES string of the molecule is CN1C(=O)C2C(=NC(Cc3ccccc3)=[N+]2CC(O)CN2CCCC2)N(C)C1=O. The molecule has 3 heterocycles. The lowest BCUT2D eigenvalue weighted by Crippen LogP contribution is -2.62. The third-order valence-electron chi connectivity index (χ3n) is 5.89. The molecule has 1 aromatic rings. The minimum Gasteiger partial charge on any atom is -0.388 e. The number of likely N-dealkylation sites (N-methyl/N-ethyl adjacent to an activating group) is 2. The van der Waals surface area contributed by atoms with E-state index in [1.165, 1.54) is 11.9 Å². The first-order valence-corrected chi connectivity index (χ1v) is 10.2. The van der Waals surface area contributed by atoms with Crippen LogP contribution in [0.2, 0.25) is 0 Å². The number of aliphatic hydroxyl groups is 1. The van der Waals surface area contributed by atoms with Gasteiger partial charge in [-0.25, -0.2) is 9.37 Å². The largest absolute Gasteiger partial charge is 0.388 e. The van der Waals surface area contributed by atoms with Crippen LogP contribution in [0.5, 0.6) is 0 Å². The highest BCUT2D eigenvalue weighted by Gasteiger charge is 2.53.